The van der Waals surface area contributed by atoms with Crippen LogP contribution in [0.15, 0.2) is 110 Å². The summed E-state index contributed by atoms with van der Waals surface area (Å²) in [5.74, 6) is -1.12. The van der Waals surface area contributed by atoms with Crippen LogP contribution in [0.2, 0.25) is 0 Å². The second kappa shape index (κ2) is 22.0. The molecule has 0 saturated carbocycles. The number of ether oxygens (including phenoxy) is 3. The predicted molar refractivity (Wildman–Crippen MR) is 186 cm³/mol. The van der Waals surface area contributed by atoms with Crippen molar-refractivity contribution < 1.29 is 33.7 Å². The number of aliphatic hydroxyl groups excluding tert-OH is 1. The van der Waals surface area contributed by atoms with Gasteiger partial charge in [-0.05, 0) is 54.5 Å². The minimum atomic E-state index is -0.720. The first-order valence-corrected chi connectivity index (χ1v) is 16.4. The SMILES string of the molecule is C=CCCCC(=O)OCC(COCc1ccccc1)NC(=O)C(CC=C)CC(=O)NC(CO)Cc1ccc(OCc2ccccc2)cc1. The molecule has 256 valence electrons. The number of hydrogen-bond donors (Lipinski definition) is 3. The van der Waals surface area contributed by atoms with Crippen molar-refractivity contribution in [3.63, 3.8) is 0 Å². The van der Waals surface area contributed by atoms with Gasteiger partial charge in [0.15, 0.2) is 0 Å². The van der Waals surface area contributed by atoms with E-state index in [4.69, 9.17) is 14.2 Å². The minimum Gasteiger partial charge on any atom is -0.489 e. The molecule has 3 atom stereocenters. The highest BCUT2D eigenvalue weighted by atomic mass is 16.5. The summed E-state index contributed by atoms with van der Waals surface area (Å²) in [5.41, 5.74) is 2.95. The van der Waals surface area contributed by atoms with Gasteiger partial charge in [-0.2, -0.15) is 0 Å². The van der Waals surface area contributed by atoms with Gasteiger partial charge in [-0.1, -0.05) is 84.9 Å². The molecule has 0 aliphatic rings. The van der Waals surface area contributed by atoms with Gasteiger partial charge in [-0.15, -0.1) is 13.2 Å². The molecule has 0 aliphatic heterocycles. The Balaban J connectivity index is 1.53. The molecule has 0 aromatic heterocycles. The van der Waals surface area contributed by atoms with Crippen LogP contribution >= 0.6 is 0 Å². The first-order chi connectivity index (χ1) is 23.4. The number of unbranched alkanes of at least 4 members (excludes halogenated alkanes) is 1. The Labute approximate surface area is 284 Å². The molecule has 48 heavy (non-hydrogen) atoms. The van der Waals surface area contributed by atoms with Gasteiger partial charge in [0, 0.05) is 12.8 Å². The topological polar surface area (TPSA) is 123 Å². The lowest BCUT2D eigenvalue weighted by atomic mass is 9.98. The number of nitrogens with one attached hydrogen (secondary N) is 2. The predicted octanol–water partition coefficient (Wildman–Crippen LogP) is 5.47. The van der Waals surface area contributed by atoms with Gasteiger partial charge in [-0.25, -0.2) is 0 Å². The second-order valence-electron chi connectivity index (χ2n) is 11.6. The fourth-order valence-corrected chi connectivity index (χ4v) is 4.90. The Morgan fingerprint density at radius 2 is 1.44 bits per heavy atom. The first-order valence-electron chi connectivity index (χ1n) is 16.4. The minimum absolute atomic E-state index is 0.0663. The van der Waals surface area contributed by atoms with E-state index in [2.05, 4.69) is 23.8 Å². The molecule has 2 amide bonds. The highest BCUT2D eigenvalue weighted by molar-refractivity contribution is 5.86. The Bertz CT molecular complexity index is 1400. The van der Waals surface area contributed by atoms with E-state index in [-0.39, 0.29) is 56.9 Å². The van der Waals surface area contributed by atoms with Crippen molar-refractivity contribution in [3.8, 4) is 5.75 Å². The molecule has 9 nitrogen and oxygen atoms in total. The van der Waals surface area contributed by atoms with Crippen molar-refractivity contribution >= 4 is 17.8 Å². The van der Waals surface area contributed by atoms with Crippen molar-refractivity contribution in [2.45, 2.75) is 63.8 Å². The molecule has 0 spiro atoms. The van der Waals surface area contributed by atoms with Crippen LogP contribution in [0.3, 0.4) is 0 Å². The fourth-order valence-electron chi connectivity index (χ4n) is 4.90. The molecule has 0 heterocycles. The summed E-state index contributed by atoms with van der Waals surface area (Å²) in [6.45, 7) is 7.97. The van der Waals surface area contributed by atoms with Gasteiger partial charge in [-0.3, -0.25) is 14.4 Å². The van der Waals surface area contributed by atoms with E-state index in [0.29, 0.717) is 32.5 Å². The molecule has 0 bridgehead atoms. The molecule has 3 N–H and O–H groups in total. The summed E-state index contributed by atoms with van der Waals surface area (Å²) in [4.78, 5) is 38.7. The number of rotatable bonds is 23. The Morgan fingerprint density at radius 1 is 0.771 bits per heavy atom. The number of carbonyl (C=O) groups is 3. The summed E-state index contributed by atoms with van der Waals surface area (Å²) in [7, 11) is 0. The van der Waals surface area contributed by atoms with E-state index in [0.717, 1.165) is 22.4 Å². The van der Waals surface area contributed by atoms with Crippen molar-refractivity contribution in [2.75, 3.05) is 19.8 Å². The van der Waals surface area contributed by atoms with Crippen LogP contribution < -0.4 is 15.4 Å². The lowest BCUT2D eigenvalue weighted by molar-refractivity contribution is -0.146. The van der Waals surface area contributed by atoms with Crippen molar-refractivity contribution in [1.82, 2.24) is 10.6 Å². The zero-order valence-corrected chi connectivity index (χ0v) is 27.6. The van der Waals surface area contributed by atoms with Gasteiger partial charge in [0.25, 0.3) is 0 Å². The van der Waals surface area contributed by atoms with Gasteiger partial charge in [0.05, 0.1) is 37.8 Å². The van der Waals surface area contributed by atoms with E-state index in [1.807, 2.05) is 84.9 Å². The van der Waals surface area contributed by atoms with Crippen LogP contribution in [0, 0.1) is 5.92 Å². The monoisotopic (exact) mass is 656 g/mol. The number of allylic oxidation sites excluding steroid dienone is 2. The lowest BCUT2D eigenvalue weighted by Gasteiger charge is -2.23. The Morgan fingerprint density at radius 3 is 2.06 bits per heavy atom. The summed E-state index contributed by atoms with van der Waals surface area (Å²) in [6.07, 6.45) is 5.45. The third kappa shape index (κ3) is 14.8. The number of aliphatic hydroxyl groups is 1. The molecular formula is C39H48N2O7. The van der Waals surface area contributed by atoms with Gasteiger partial charge in [0.2, 0.25) is 11.8 Å². The van der Waals surface area contributed by atoms with Gasteiger partial charge < -0.3 is 30.0 Å². The van der Waals surface area contributed by atoms with Gasteiger partial charge in [0.1, 0.15) is 19.0 Å². The molecule has 3 unspecified atom stereocenters. The van der Waals surface area contributed by atoms with Crippen LogP contribution in [-0.2, 0) is 43.5 Å². The average molecular weight is 657 g/mol. The summed E-state index contributed by atoms with van der Waals surface area (Å²) in [5, 5.41) is 15.8. The van der Waals surface area contributed by atoms with Crippen molar-refractivity contribution in [1.29, 1.82) is 0 Å². The number of hydrogen-bond acceptors (Lipinski definition) is 7. The lowest BCUT2D eigenvalue weighted by Crippen LogP contribution is -2.46. The van der Waals surface area contributed by atoms with Gasteiger partial charge >= 0.3 is 5.97 Å². The maximum absolute atomic E-state index is 13.4. The fraction of sp³-hybridized carbons (Fsp3) is 0.359. The number of carbonyl (C=O) groups excluding carboxylic acids is 3. The normalized spacial score (nSPS) is 12.6. The quantitative estimate of drug-likeness (QED) is 0.0703. The molecule has 3 aromatic carbocycles. The highest BCUT2D eigenvalue weighted by Gasteiger charge is 2.25. The summed E-state index contributed by atoms with van der Waals surface area (Å²) in [6, 6.07) is 25.8. The highest BCUT2D eigenvalue weighted by Crippen LogP contribution is 2.16. The largest absolute Gasteiger partial charge is 0.489 e. The third-order valence-corrected chi connectivity index (χ3v) is 7.50. The standard InChI is InChI=1S/C39H48N2O7/c1-3-5-8-18-38(44)48-29-35(28-46-26-31-14-9-6-10-15-31)41-39(45)33(13-4-2)24-37(43)40-34(25-42)23-30-19-21-36(22-20-30)47-27-32-16-11-7-12-17-32/h3-4,6-7,9-12,14-17,19-22,33-35,42H,1-2,5,8,13,18,23-29H2,(H,40,43)(H,41,45). The zero-order valence-electron chi connectivity index (χ0n) is 27.6. The van der Waals surface area contributed by atoms with Crippen LogP contribution in [-0.4, -0.2) is 54.8 Å². The second-order valence-corrected chi connectivity index (χ2v) is 11.6. The Hall–Kier alpha value is -4.73. The van der Waals surface area contributed by atoms with E-state index >= 15 is 0 Å². The molecule has 0 aliphatic carbocycles. The van der Waals surface area contributed by atoms with Crippen LogP contribution in [0.4, 0.5) is 0 Å². The number of amides is 2. The summed E-state index contributed by atoms with van der Waals surface area (Å²) >= 11 is 0. The zero-order chi connectivity index (χ0) is 34.4. The smallest absolute Gasteiger partial charge is 0.305 e. The molecule has 0 saturated heterocycles. The first kappa shape index (κ1) is 37.7. The van der Waals surface area contributed by atoms with Crippen LogP contribution in [0.25, 0.3) is 0 Å². The molecule has 0 radical (unpaired) electrons. The number of esters is 1. The van der Waals surface area contributed by atoms with Crippen LogP contribution in [0.1, 0.15) is 48.8 Å². The average Bonchev–Trinajstić information content (AvgIpc) is 3.10. The van der Waals surface area contributed by atoms with E-state index in [1.54, 1.807) is 12.2 Å². The molecule has 3 rings (SSSR count). The molecule has 9 heteroatoms. The van der Waals surface area contributed by atoms with E-state index < -0.39 is 18.0 Å². The van der Waals surface area contributed by atoms with Crippen LogP contribution in [0.5, 0.6) is 5.75 Å². The van der Waals surface area contributed by atoms with E-state index in [9.17, 15) is 19.5 Å². The summed E-state index contributed by atoms with van der Waals surface area (Å²) < 4.78 is 17.1. The Kier molecular flexibility index (Phi) is 17.3. The van der Waals surface area contributed by atoms with Crippen molar-refractivity contribution in [2.24, 2.45) is 5.92 Å². The molecule has 3 aromatic rings. The van der Waals surface area contributed by atoms with Crippen molar-refractivity contribution in [3.05, 3.63) is 127 Å². The maximum Gasteiger partial charge on any atom is 0.305 e. The third-order valence-electron chi connectivity index (χ3n) is 7.50. The maximum atomic E-state index is 13.4. The van der Waals surface area contributed by atoms with E-state index in [1.165, 1.54) is 0 Å². The molecular weight excluding hydrogens is 608 g/mol. The number of benzene rings is 3. The molecule has 0 fully saturated rings.